The first-order valence-electron chi connectivity index (χ1n) is 12.7. The molecular formula is C28H33IN2O4S. The number of anilines is 1. The molecule has 3 aliphatic carbocycles. The number of aliphatic hydroxyl groups excluding tert-OH is 1. The summed E-state index contributed by atoms with van der Waals surface area (Å²) in [6.07, 6.45) is 8.41. The van der Waals surface area contributed by atoms with Gasteiger partial charge in [0.25, 0.3) is 0 Å². The second-order valence-corrected chi connectivity index (χ2v) is 13.1. The normalized spacial score (nSPS) is 30.0. The van der Waals surface area contributed by atoms with Gasteiger partial charge in [0.1, 0.15) is 5.75 Å². The molecule has 3 aliphatic rings. The van der Waals surface area contributed by atoms with E-state index in [0.717, 1.165) is 52.6 Å². The van der Waals surface area contributed by atoms with Crippen LogP contribution in [0.3, 0.4) is 0 Å². The van der Waals surface area contributed by atoms with Crippen LogP contribution in [0.4, 0.5) is 5.13 Å². The fourth-order valence-corrected chi connectivity index (χ4v) is 8.63. The van der Waals surface area contributed by atoms with E-state index in [1.807, 2.05) is 6.92 Å². The van der Waals surface area contributed by atoms with Gasteiger partial charge in [-0.25, -0.2) is 4.98 Å². The number of halogens is 1. The van der Waals surface area contributed by atoms with E-state index >= 15 is 0 Å². The minimum Gasteiger partial charge on any atom is -0.515 e. The number of carbonyl (C=O) groups excluding carboxylic acids is 2. The van der Waals surface area contributed by atoms with Crippen LogP contribution in [-0.2, 0) is 16.0 Å². The first-order valence-corrected chi connectivity index (χ1v) is 14.6. The molecule has 0 aliphatic heterocycles. The van der Waals surface area contributed by atoms with E-state index in [2.05, 4.69) is 51.9 Å². The molecule has 1 aromatic heterocycles. The summed E-state index contributed by atoms with van der Waals surface area (Å²) in [6.45, 7) is 4.08. The Morgan fingerprint density at radius 3 is 2.89 bits per heavy atom. The van der Waals surface area contributed by atoms with E-state index in [1.165, 1.54) is 22.5 Å². The molecule has 2 saturated carbocycles. The number of ether oxygens (including phenoxy) is 1. The third kappa shape index (κ3) is 4.38. The van der Waals surface area contributed by atoms with Crippen LogP contribution in [0.5, 0.6) is 5.75 Å². The van der Waals surface area contributed by atoms with Crippen molar-refractivity contribution in [3.8, 4) is 5.75 Å². The number of amides is 1. The number of benzene rings is 1. The van der Waals surface area contributed by atoms with Gasteiger partial charge in [-0.1, -0.05) is 6.92 Å². The van der Waals surface area contributed by atoms with Gasteiger partial charge in [0, 0.05) is 28.5 Å². The number of hydrogen-bond donors (Lipinski definition) is 2. The van der Waals surface area contributed by atoms with E-state index < -0.39 is 5.41 Å². The second kappa shape index (κ2) is 10.1. The van der Waals surface area contributed by atoms with Gasteiger partial charge in [0.05, 0.1) is 16.9 Å². The number of aryl methyl sites for hydroxylation is 2. The highest BCUT2D eigenvalue weighted by molar-refractivity contribution is 14.1. The van der Waals surface area contributed by atoms with Crippen LogP contribution in [-0.4, -0.2) is 28.9 Å². The second-order valence-electron chi connectivity index (χ2n) is 10.7. The Hall–Kier alpha value is -1.94. The molecule has 36 heavy (non-hydrogen) atoms. The Morgan fingerprint density at radius 2 is 2.19 bits per heavy atom. The van der Waals surface area contributed by atoms with Crippen molar-refractivity contribution >= 4 is 50.7 Å². The Bertz CT molecular complexity index is 1220. The number of allylic oxidation sites excluding steroid dienone is 1. The van der Waals surface area contributed by atoms with Gasteiger partial charge in [-0.05, 0) is 115 Å². The summed E-state index contributed by atoms with van der Waals surface area (Å²) in [4.78, 5) is 31.4. The summed E-state index contributed by atoms with van der Waals surface area (Å²) in [5.41, 5.74) is 2.89. The van der Waals surface area contributed by atoms with E-state index in [0.29, 0.717) is 35.4 Å². The SMILES string of the molecule is COc1cc2c(cc1I)C1CC[C@]3(C)C(=O)/C(=C/O)[C@@H](CCCC(=O)Nc4ncc(C)s4)C3C1CC2. The first kappa shape index (κ1) is 25.7. The van der Waals surface area contributed by atoms with Crippen molar-refractivity contribution in [1.29, 1.82) is 0 Å². The number of aromatic nitrogens is 1. The van der Waals surface area contributed by atoms with Crippen molar-refractivity contribution in [2.45, 2.75) is 64.7 Å². The van der Waals surface area contributed by atoms with Crippen molar-refractivity contribution in [3.63, 3.8) is 0 Å². The number of nitrogens with one attached hydrogen (secondary N) is 1. The minimum atomic E-state index is -0.446. The number of fused-ring (bicyclic) bond motifs is 5. The first-order chi connectivity index (χ1) is 17.3. The lowest BCUT2D eigenvalue weighted by Gasteiger charge is -2.49. The van der Waals surface area contributed by atoms with Crippen LogP contribution in [0, 0.1) is 33.7 Å². The number of aliphatic hydroxyl groups is 1. The number of methoxy groups -OCH3 is 1. The third-order valence-corrected chi connectivity index (χ3v) is 10.5. The van der Waals surface area contributed by atoms with E-state index in [9.17, 15) is 14.7 Å². The van der Waals surface area contributed by atoms with E-state index in [-0.39, 0.29) is 23.5 Å². The van der Waals surface area contributed by atoms with Crippen molar-refractivity contribution in [3.05, 3.63) is 49.7 Å². The lowest BCUT2D eigenvalue weighted by Crippen LogP contribution is -2.44. The maximum absolute atomic E-state index is 13.6. The summed E-state index contributed by atoms with van der Waals surface area (Å²) >= 11 is 3.82. The third-order valence-electron chi connectivity index (χ3n) is 8.79. The van der Waals surface area contributed by atoms with Gasteiger partial charge in [0.15, 0.2) is 10.9 Å². The highest BCUT2D eigenvalue weighted by atomic mass is 127. The molecule has 1 amide bonds. The Kier molecular flexibility index (Phi) is 7.20. The molecule has 0 spiro atoms. The molecule has 0 saturated heterocycles. The Balaban J connectivity index is 1.36. The van der Waals surface area contributed by atoms with Gasteiger partial charge in [-0.2, -0.15) is 0 Å². The van der Waals surface area contributed by atoms with Crippen LogP contribution >= 0.6 is 33.9 Å². The molecule has 0 radical (unpaired) electrons. The predicted octanol–water partition coefficient (Wildman–Crippen LogP) is 6.58. The summed E-state index contributed by atoms with van der Waals surface area (Å²) in [5.74, 6) is 1.95. The maximum atomic E-state index is 13.6. The van der Waals surface area contributed by atoms with E-state index in [1.54, 1.807) is 13.3 Å². The fraction of sp³-hybridized carbons (Fsp3) is 0.536. The molecule has 3 unspecified atom stereocenters. The van der Waals surface area contributed by atoms with E-state index in [4.69, 9.17) is 4.74 Å². The van der Waals surface area contributed by atoms with Crippen molar-refractivity contribution < 1.29 is 19.4 Å². The zero-order valence-corrected chi connectivity index (χ0v) is 23.9. The number of ketones is 1. The number of Topliss-reactive ketones (excluding diaryl/α,β-unsaturated/α-hetero) is 1. The number of nitrogens with zero attached hydrogens (tertiary/aromatic N) is 1. The molecular weight excluding hydrogens is 587 g/mol. The molecule has 8 heteroatoms. The minimum absolute atomic E-state index is 0.0194. The molecule has 6 nitrogen and oxygen atoms in total. The molecule has 1 aromatic carbocycles. The standard InChI is InChI=1S/C28H33IN2O4S/c1-15-13-30-27(36-15)31-24(33)6-4-5-18-21(14-32)26(34)28(2)10-9-17-19(25(18)28)8-7-16-11-23(35-3)22(29)12-20(16)17/h11-14,17-19,25,32H,4-10H2,1-3H3,(H,30,31,33)/b21-14+/t17?,18-,19?,25?,28+/m1/s1. The largest absolute Gasteiger partial charge is 0.515 e. The van der Waals surface area contributed by atoms with Crippen LogP contribution in [0.15, 0.2) is 30.2 Å². The maximum Gasteiger partial charge on any atom is 0.226 e. The molecule has 2 aromatic rings. The quantitative estimate of drug-likeness (QED) is 0.217. The molecule has 2 N–H and O–H groups in total. The Morgan fingerprint density at radius 1 is 1.39 bits per heavy atom. The van der Waals surface area contributed by atoms with Crippen molar-refractivity contribution in [2.24, 2.45) is 23.2 Å². The van der Waals surface area contributed by atoms with Crippen molar-refractivity contribution in [1.82, 2.24) is 4.98 Å². The number of hydrogen-bond acceptors (Lipinski definition) is 6. The average Bonchev–Trinajstić information content (AvgIpc) is 3.35. The van der Waals surface area contributed by atoms with Crippen LogP contribution in [0.1, 0.15) is 67.4 Å². The zero-order valence-electron chi connectivity index (χ0n) is 21.0. The van der Waals surface area contributed by atoms with Gasteiger partial charge >= 0.3 is 0 Å². The lowest BCUT2D eigenvalue weighted by molar-refractivity contribution is -0.127. The lowest BCUT2D eigenvalue weighted by atomic mass is 9.54. The molecule has 192 valence electrons. The monoisotopic (exact) mass is 620 g/mol. The van der Waals surface area contributed by atoms with Gasteiger partial charge in [-0.15, -0.1) is 11.3 Å². The predicted molar refractivity (Wildman–Crippen MR) is 150 cm³/mol. The van der Waals surface area contributed by atoms with Crippen LogP contribution in [0.25, 0.3) is 0 Å². The summed E-state index contributed by atoms with van der Waals surface area (Å²) in [7, 11) is 1.72. The fourth-order valence-electron chi connectivity index (χ4n) is 7.24. The van der Waals surface area contributed by atoms with Crippen molar-refractivity contribution in [2.75, 3.05) is 12.4 Å². The van der Waals surface area contributed by atoms with Gasteiger partial charge in [0.2, 0.25) is 5.91 Å². The summed E-state index contributed by atoms with van der Waals surface area (Å²) in [6, 6.07) is 4.48. The number of thiazole rings is 1. The zero-order chi connectivity index (χ0) is 25.6. The average molecular weight is 621 g/mol. The van der Waals surface area contributed by atoms with Crippen LogP contribution < -0.4 is 10.1 Å². The molecule has 5 atom stereocenters. The number of carbonyl (C=O) groups is 2. The molecule has 2 fully saturated rings. The highest BCUT2D eigenvalue weighted by Gasteiger charge is 2.60. The Labute approximate surface area is 230 Å². The van der Waals surface area contributed by atoms with Gasteiger partial charge in [-0.3, -0.25) is 9.59 Å². The summed E-state index contributed by atoms with van der Waals surface area (Å²) < 4.78 is 6.70. The molecule has 0 bridgehead atoms. The summed E-state index contributed by atoms with van der Waals surface area (Å²) in [5, 5.41) is 13.6. The van der Waals surface area contributed by atoms with Gasteiger partial charge < -0.3 is 15.2 Å². The molecule has 5 rings (SSSR count). The highest BCUT2D eigenvalue weighted by Crippen LogP contribution is 2.63. The van der Waals surface area contributed by atoms with Crippen LogP contribution in [0.2, 0.25) is 0 Å². The topological polar surface area (TPSA) is 88.5 Å². The number of rotatable bonds is 6. The smallest absolute Gasteiger partial charge is 0.226 e. The molecule has 1 heterocycles.